The zero-order chi connectivity index (χ0) is 18.5. The van der Waals surface area contributed by atoms with Gasteiger partial charge in [0.2, 0.25) is 5.91 Å². The molecule has 7 heteroatoms. The highest BCUT2D eigenvalue weighted by Crippen LogP contribution is 2.11. The topological polar surface area (TPSA) is 93.7 Å². The van der Waals surface area contributed by atoms with Gasteiger partial charge in [0.25, 0.3) is 0 Å². The van der Waals surface area contributed by atoms with Crippen LogP contribution >= 0.6 is 0 Å². The molecular weight excluding hydrogens is 320 g/mol. The smallest absolute Gasteiger partial charge is 0.315 e. The molecule has 0 spiro atoms. The third-order valence-corrected chi connectivity index (χ3v) is 3.90. The largest absolute Gasteiger partial charge is 0.378 e. The molecule has 0 fully saturated rings. The molecule has 1 rings (SSSR count). The Labute approximate surface area is 149 Å². The van der Waals surface area contributed by atoms with Crippen molar-refractivity contribution >= 4 is 17.6 Å². The summed E-state index contributed by atoms with van der Waals surface area (Å²) in [4.78, 5) is 24.6. The van der Waals surface area contributed by atoms with Crippen molar-refractivity contribution in [1.82, 2.24) is 16.1 Å². The first-order chi connectivity index (χ1) is 12.0. The highest BCUT2D eigenvalue weighted by molar-refractivity contribution is 5.74. The molecule has 0 heterocycles. The van der Waals surface area contributed by atoms with Gasteiger partial charge in [0.05, 0.1) is 0 Å². The van der Waals surface area contributed by atoms with Gasteiger partial charge >= 0.3 is 6.03 Å². The SMILES string of the molecule is CN(C)c1ccc(CNC(=O)NCCCCCCCC(=O)NO)cc1. The van der Waals surface area contributed by atoms with Gasteiger partial charge in [0.1, 0.15) is 0 Å². The molecule has 7 nitrogen and oxygen atoms in total. The molecule has 0 atom stereocenters. The van der Waals surface area contributed by atoms with Crippen molar-refractivity contribution < 1.29 is 14.8 Å². The summed E-state index contributed by atoms with van der Waals surface area (Å²) in [7, 11) is 3.99. The second-order valence-corrected chi connectivity index (χ2v) is 6.22. The summed E-state index contributed by atoms with van der Waals surface area (Å²) >= 11 is 0. The van der Waals surface area contributed by atoms with E-state index >= 15 is 0 Å². The first kappa shape index (κ1) is 20.8. The average molecular weight is 350 g/mol. The van der Waals surface area contributed by atoms with Gasteiger partial charge in [-0.05, 0) is 30.5 Å². The van der Waals surface area contributed by atoms with Gasteiger partial charge in [0.15, 0.2) is 0 Å². The van der Waals surface area contributed by atoms with Gasteiger partial charge < -0.3 is 15.5 Å². The molecule has 1 aromatic rings. The van der Waals surface area contributed by atoms with Crippen LogP contribution in [-0.4, -0.2) is 37.8 Å². The Morgan fingerprint density at radius 1 is 0.960 bits per heavy atom. The lowest BCUT2D eigenvalue weighted by Crippen LogP contribution is -2.35. The van der Waals surface area contributed by atoms with E-state index in [4.69, 9.17) is 5.21 Å². The summed E-state index contributed by atoms with van der Waals surface area (Å²) in [5.41, 5.74) is 3.82. The number of carbonyl (C=O) groups excluding carboxylic acids is 2. The molecule has 0 saturated carbocycles. The molecule has 4 N–H and O–H groups in total. The van der Waals surface area contributed by atoms with Crippen molar-refractivity contribution in [2.24, 2.45) is 0 Å². The number of benzene rings is 1. The van der Waals surface area contributed by atoms with Crippen LogP contribution in [0.5, 0.6) is 0 Å². The number of urea groups is 1. The molecule has 0 aliphatic carbocycles. The molecule has 0 radical (unpaired) electrons. The van der Waals surface area contributed by atoms with Gasteiger partial charge in [-0.3, -0.25) is 10.0 Å². The van der Waals surface area contributed by atoms with Crippen molar-refractivity contribution in [3.05, 3.63) is 29.8 Å². The average Bonchev–Trinajstić information content (AvgIpc) is 2.62. The second kappa shape index (κ2) is 12.1. The van der Waals surface area contributed by atoms with Gasteiger partial charge in [-0.1, -0.05) is 31.4 Å². The van der Waals surface area contributed by atoms with Crippen molar-refractivity contribution in [2.45, 2.75) is 45.1 Å². The van der Waals surface area contributed by atoms with Crippen molar-refractivity contribution in [1.29, 1.82) is 0 Å². The third-order valence-electron chi connectivity index (χ3n) is 3.90. The number of hydrogen-bond donors (Lipinski definition) is 4. The van der Waals surface area contributed by atoms with E-state index in [1.54, 1.807) is 5.48 Å². The van der Waals surface area contributed by atoms with E-state index in [0.717, 1.165) is 43.4 Å². The van der Waals surface area contributed by atoms with Gasteiger partial charge in [-0.15, -0.1) is 0 Å². The predicted molar refractivity (Wildman–Crippen MR) is 98.6 cm³/mol. The van der Waals surface area contributed by atoms with Crippen LogP contribution in [0.15, 0.2) is 24.3 Å². The number of carbonyl (C=O) groups is 2. The fourth-order valence-corrected chi connectivity index (χ4v) is 2.36. The number of nitrogens with zero attached hydrogens (tertiary/aromatic N) is 1. The monoisotopic (exact) mass is 350 g/mol. The van der Waals surface area contributed by atoms with Crippen molar-refractivity contribution in [2.75, 3.05) is 25.5 Å². The molecule has 1 aromatic carbocycles. The maximum atomic E-state index is 11.7. The maximum absolute atomic E-state index is 11.7. The lowest BCUT2D eigenvalue weighted by atomic mass is 10.1. The number of anilines is 1. The van der Waals surface area contributed by atoms with Crippen molar-refractivity contribution in [3.8, 4) is 0 Å². The normalized spacial score (nSPS) is 10.2. The second-order valence-electron chi connectivity index (χ2n) is 6.22. The third kappa shape index (κ3) is 9.56. The fourth-order valence-electron chi connectivity index (χ4n) is 2.36. The summed E-state index contributed by atoms with van der Waals surface area (Å²) in [6, 6.07) is 7.91. The predicted octanol–water partition coefficient (Wildman–Crippen LogP) is 2.40. The number of hydroxylamine groups is 1. The first-order valence-corrected chi connectivity index (χ1v) is 8.74. The Morgan fingerprint density at radius 3 is 2.24 bits per heavy atom. The number of hydrogen-bond acceptors (Lipinski definition) is 4. The summed E-state index contributed by atoms with van der Waals surface area (Å²) in [5, 5.41) is 14.1. The maximum Gasteiger partial charge on any atom is 0.315 e. The Bertz CT molecular complexity index is 518. The molecule has 0 bridgehead atoms. The summed E-state index contributed by atoms with van der Waals surface area (Å²) in [5.74, 6) is -0.338. The molecule has 0 aromatic heterocycles. The number of nitrogens with one attached hydrogen (secondary N) is 3. The first-order valence-electron chi connectivity index (χ1n) is 8.74. The fraction of sp³-hybridized carbons (Fsp3) is 0.556. The Kier molecular flexibility index (Phi) is 10.1. The van der Waals surface area contributed by atoms with E-state index < -0.39 is 0 Å². The number of unbranched alkanes of at least 4 members (excludes halogenated alkanes) is 4. The van der Waals surface area contributed by atoms with Crippen molar-refractivity contribution in [3.63, 3.8) is 0 Å². The number of amides is 3. The quantitative estimate of drug-likeness (QED) is 0.280. The lowest BCUT2D eigenvalue weighted by Gasteiger charge is -2.13. The lowest BCUT2D eigenvalue weighted by molar-refractivity contribution is -0.129. The van der Waals surface area contributed by atoms with E-state index in [1.807, 2.05) is 43.3 Å². The van der Waals surface area contributed by atoms with Crippen LogP contribution in [0.3, 0.4) is 0 Å². The molecule has 140 valence electrons. The standard InChI is InChI=1S/C18H30N4O3/c1-22(2)16-11-9-15(10-12-16)14-20-18(24)19-13-7-5-3-4-6-8-17(23)21-25/h9-12,25H,3-8,13-14H2,1-2H3,(H,21,23)(H2,19,20,24). The van der Waals surface area contributed by atoms with E-state index in [9.17, 15) is 9.59 Å². The Balaban J connectivity index is 2.03. The van der Waals surface area contributed by atoms with Crippen LogP contribution in [0.4, 0.5) is 10.5 Å². The van der Waals surface area contributed by atoms with E-state index in [-0.39, 0.29) is 11.9 Å². The molecule has 0 unspecified atom stereocenters. The van der Waals surface area contributed by atoms with Crippen LogP contribution < -0.4 is 21.0 Å². The minimum absolute atomic E-state index is 0.156. The molecule has 0 aliphatic rings. The summed E-state index contributed by atoms with van der Waals surface area (Å²) in [6.07, 6.45) is 5.01. The van der Waals surface area contributed by atoms with Gasteiger partial charge in [0, 0.05) is 39.3 Å². The molecule has 0 aliphatic heterocycles. The minimum Gasteiger partial charge on any atom is -0.378 e. The zero-order valence-corrected chi connectivity index (χ0v) is 15.2. The Morgan fingerprint density at radius 2 is 1.60 bits per heavy atom. The zero-order valence-electron chi connectivity index (χ0n) is 15.2. The van der Waals surface area contributed by atoms with Gasteiger partial charge in [-0.25, -0.2) is 10.3 Å². The van der Waals surface area contributed by atoms with Crippen LogP contribution in [0.2, 0.25) is 0 Å². The van der Waals surface area contributed by atoms with Crippen LogP contribution in [0.1, 0.15) is 44.1 Å². The van der Waals surface area contributed by atoms with Crippen LogP contribution in [0, 0.1) is 0 Å². The van der Waals surface area contributed by atoms with E-state index in [2.05, 4.69) is 10.6 Å². The highest BCUT2D eigenvalue weighted by Gasteiger charge is 2.01. The van der Waals surface area contributed by atoms with Crippen LogP contribution in [-0.2, 0) is 11.3 Å². The van der Waals surface area contributed by atoms with Gasteiger partial charge in [-0.2, -0.15) is 0 Å². The number of rotatable bonds is 11. The summed E-state index contributed by atoms with van der Waals surface area (Å²) < 4.78 is 0. The molecule has 0 saturated heterocycles. The molecule has 3 amide bonds. The summed E-state index contributed by atoms with van der Waals surface area (Å²) in [6.45, 7) is 1.15. The van der Waals surface area contributed by atoms with E-state index in [0.29, 0.717) is 19.5 Å². The highest BCUT2D eigenvalue weighted by atomic mass is 16.5. The molecule has 25 heavy (non-hydrogen) atoms. The Hall–Kier alpha value is -2.28. The molecular formula is C18H30N4O3. The minimum atomic E-state index is -0.338. The van der Waals surface area contributed by atoms with E-state index in [1.165, 1.54) is 0 Å². The van der Waals surface area contributed by atoms with Crippen LogP contribution in [0.25, 0.3) is 0 Å².